The van der Waals surface area contributed by atoms with Gasteiger partial charge in [-0.05, 0) is 59.3 Å². The minimum atomic E-state index is 0.429. The van der Waals surface area contributed by atoms with Crippen molar-refractivity contribution in [2.75, 3.05) is 33.7 Å². The molecule has 1 saturated heterocycles. The lowest BCUT2D eigenvalue weighted by atomic mass is 9.80. The van der Waals surface area contributed by atoms with Gasteiger partial charge in [0.2, 0.25) is 0 Å². The van der Waals surface area contributed by atoms with Crippen molar-refractivity contribution in [1.82, 2.24) is 15.5 Å². The van der Waals surface area contributed by atoms with Crippen LogP contribution in [0.3, 0.4) is 0 Å². The summed E-state index contributed by atoms with van der Waals surface area (Å²) in [6, 6.07) is 0.735. The lowest BCUT2D eigenvalue weighted by Crippen LogP contribution is -2.54. The summed E-state index contributed by atoms with van der Waals surface area (Å²) in [7, 11) is 4.53. The second-order valence-corrected chi connectivity index (χ2v) is 6.44. The highest BCUT2D eigenvalue weighted by Crippen LogP contribution is 2.31. The SMILES string of the molecule is CN(C)C1(CNC2CCCNCC2)CCCCC1. The minimum Gasteiger partial charge on any atom is -0.317 e. The van der Waals surface area contributed by atoms with Gasteiger partial charge in [-0.2, -0.15) is 0 Å². The first kappa shape index (κ1) is 14.3. The van der Waals surface area contributed by atoms with Crippen LogP contribution in [-0.2, 0) is 0 Å². The highest BCUT2D eigenvalue weighted by atomic mass is 15.2. The molecule has 18 heavy (non-hydrogen) atoms. The Kier molecular flexibility index (Phi) is 5.46. The van der Waals surface area contributed by atoms with Crippen LogP contribution in [0.1, 0.15) is 51.4 Å². The molecule has 0 aromatic rings. The van der Waals surface area contributed by atoms with E-state index in [0.29, 0.717) is 5.54 Å². The van der Waals surface area contributed by atoms with Crippen molar-refractivity contribution in [1.29, 1.82) is 0 Å². The number of nitrogens with one attached hydrogen (secondary N) is 2. The van der Waals surface area contributed by atoms with Crippen molar-refractivity contribution in [3.63, 3.8) is 0 Å². The first-order valence-corrected chi connectivity index (χ1v) is 7.84. The lowest BCUT2D eigenvalue weighted by molar-refractivity contribution is 0.0945. The lowest BCUT2D eigenvalue weighted by Gasteiger charge is -2.44. The third-order valence-corrected chi connectivity index (χ3v) is 5.03. The van der Waals surface area contributed by atoms with Gasteiger partial charge in [0.05, 0.1) is 0 Å². The normalized spacial score (nSPS) is 29.2. The Labute approximate surface area is 113 Å². The largest absolute Gasteiger partial charge is 0.317 e. The highest BCUT2D eigenvalue weighted by molar-refractivity contribution is 4.93. The summed E-state index contributed by atoms with van der Waals surface area (Å²) in [6.45, 7) is 3.58. The van der Waals surface area contributed by atoms with Gasteiger partial charge in [0.15, 0.2) is 0 Å². The van der Waals surface area contributed by atoms with Gasteiger partial charge in [-0.1, -0.05) is 19.3 Å². The third-order valence-electron chi connectivity index (χ3n) is 5.03. The summed E-state index contributed by atoms with van der Waals surface area (Å²) in [6.07, 6.45) is 11.0. The number of rotatable bonds is 4. The van der Waals surface area contributed by atoms with Crippen LogP contribution >= 0.6 is 0 Å². The van der Waals surface area contributed by atoms with Crippen molar-refractivity contribution < 1.29 is 0 Å². The van der Waals surface area contributed by atoms with E-state index in [1.54, 1.807) is 0 Å². The maximum atomic E-state index is 3.87. The Hall–Kier alpha value is -0.120. The van der Waals surface area contributed by atoms with Crippen molar-refractivity contribution in [3.05, 3.63) is 0 Å². The standard InChI is InChI=1S/C15H31N3/c1-18(2)15(9-4-3-5-10-15)13-17-14-7-6-11-16-12-8-14/h14,16-17H,3-13H2,1-2H3. The molecular weight excluding hydrogens is 222 g/mol. The molecule has 0 spiro atoms. The Bertz CT molecular complexity index is 226. The van der Waals surface area contributed by atoms with Crippen LogP contribution in [-0.4, -0.2) is 50.2 Å². The van der Waals surface area contributed by atoms with Crippen LogP contribution in [0.5, 0.6) is 0 Å². The average Bonchev–Trinajstić information content (AvgIpc) is 2.66. The molecule has 3 heteroatoms. The van der Waals surface area contributed by atoms with Gasteiger partial charge in [-0.3, -0.25) is 0 Å². The second-order valence-electron chi connectivity index (χ2n) is 6.44. The van der Waals surface area contributed by atoms with E-state index < -0.39 is 0 Å². The molecule has 0 amide bonds. The molecule has 2 aliphatic rings. The summed E-state index contributed by atoms with van der Waals surface area (Å²) >= 11 is 0. The number of nitrogens with zero attached hydrogens (tertiary/aromatic N) is 1. The zero-order chi connectivity index (χ0) is 12.8. The predicted octanol–water partition coefficient (Wildman–Crippen LogP) is 1.98. The highest BCUT2D eigenvalue weighted by Gasteiger charge is 2.34. The molecule has 1 atom stereocenters. The quantitative estimate of drug-likeness (QED) is 0.802. The summed E-state index contributed by atoms with van der Waals surface area (Å²) < 4.78 is 0. The smallest absolute Gasteiger partial charge is 0.0327 e. The fraction of sp³-hybridized carbons (Fsp3) is 1.00. The maximum absolute atomic E-state index is 3.87. The maximum Gasteiger partial charge on any atom is 0.0327 e. The molecule has 2 rings (SSSR count). The summed E-state index contributed by atoms with van der Waals surface area (Å²) in [5.41, 5.74) is 0.429. The van der Waals surface area contributed by atoms with Gasteiger partial charge in [0, 0.05) is 18.1 Å². The zero-order valence-electron chi connectivity index (χ0n) is 12.3. The van der Waals surface area contributed by atoms with Crippen molar-refractivity contribution >= 4 is 0 Å². The third kappa shape index (κ3) is 3.69. The fourth-order valence-electron chi connectivity index (χ4n) is 3.55. The van der Waals surface area contributed by atoms with Gasteiger partial charge in [0.1, 0.15) is 0 Å². The van der Waals surface area contributed by atoms with Crippen LogP contribution in [0.25, 0.3) is 0 Å². The van der Waals surface area contributed by atoms with Crippen LogP contribution in [0, 0.1) is 0 Å². The van der Waals surface area contributed by atoms with E-state index in [2.05, 4.69) is 29.6 Å². The number of likely N-dealkylation sites (N-methyl/N-ethyl adjacent to an activating group) is 1. The number of hydrogen-bond donors (Lipinski definition) is 2. The van der Waals surface area contributed by atoms with E-state index in [-0.39, 0.29) is 0 Å². The summed E-state index contributed by atoms with van der Waals surface area (Å²) in [5, 5.41) is 7.37. The molecule has 0 aromatic heterocycles. The van der Waals surface area contributed by atoms with Gasteiger partial charge >= 0.3 is 0 Å². The Morgan fingerprint density at radius 2 is 1.83 bits per heavy atom. The van der Waals surface area contributed by atoms with Gasteiger partial charge in [-0.15, -0.1) is 0 Å². The van der Waals surface area contributed by atoms with E-state index in [1.807, 2.05) is 0 Å². The number of hydrogen-bond acceptors (Lipinski definition) is 3. The molecule has 1 saturated carbocycles. The Balaban J connectivity index is 1.84. The molecule has 2 fully saturated rings. The molecule has 1 aliphatic heterocycles. The molecule has 1 unspecified atom stereocenters. The van der Waals surface area contributed by atoms with Crippen molar-refractivity contribution in [2.24, 2.45) is 0 Å². The van der Waals surface area contributed by atoms with Gasteiger partial charge in [-0.25, -0.2) is 0 Å². The van der Waals surface area contributed by atoms with E-state index in [0.717, 1.165) is 6.04 Å². The van der Waals surface area contributed by atoms with Crippen molar-refractivity contribution in [2.45, 2.75) is 62.9 Å². The van der Waals surface area contributed by atoms with E-state index in [4.69, 9.17) is 0 Å². The van der Waals surface area contributed by atoms with E-state index in [1.165, 1.54) is 71.0 Å². The molecule has 3 nitrogen and oxygen atoms in total. The molecular formula is C15H31N3. The van der Waals surface area contributed by atoms with E-state index >= 15 is 0 Å². The fourth-order valence-corrected chi connectivity index (χ4v) is 3.55. The van der Waals surface area contributed by atoms with E-state index in [9.17, 15) is 0 Å². The summed E-state index contributed by atoms with van der Waals surface area (Å²) in [4.78, 5) is 2.48. The monoisotopic (exact) mass is 253 g/mol. The second kappa shape index (κ2) is 6.88. The van der Waals surface area contributed by atoms with Crippen LogP contribution in [0.15, 0.2) is 0 Å². The Morgan fingerprint density at radius 3 is 2.56 bits per heavy atom. The molecule has 1 heterocycles. The topological polar surface area (TPSA) is 27.3 Å². The van der Waals surface area contributed by atoms with Crippen LogP contribution in [0.2, 0.25) is 0 Å². The van der Waals surface area contributed by atoms with Crippen LogP contribution < -0.4 is 10.6 Å². The molecule has 0 aromatic carbocycles. The zero-order valence-corrected chi connectivity index (χ0v) is 12.3. The molecule has 2 N–H and O–H groups in total. The van der Waals surface area contributed by atoms with Gasteiger partial charge < -0.3 is 15.5 Å². The molecule has 1 aliphatic carbocycles. The molecule has 0 bridgehead atoms. The van der Waals surface area contributed by atoms with Crippen LogP contribution in [0.4, 0.5) is 0 Å². The predicted molar refractivity (Wildman–Crippen MR) is 78.0 cm³/mol. The first-order chi connectivity index (χ1) is 8.73. The average molecular weight is 253 g/mol. The molecule has 106 valence electrons. The van der Waals surface area contributed by atoms with Crippen molar-refractivity contribution in [3.8, 4) is 0 Å². The Morgan fingerprint density at radius 1 is 1.06 bits per heavy atom. The first-order valence-electron chi connectivity index (χ1n) is 7.84. The van der Waals surface area contributed by atoms with Gasteiger partial charge in [0.25, 0.3) is 0 Å². The minimum absolute atomic E-state index is 0.429. The molecule has 0 radical (unpaired) electrons. The summed E-state index contributed by atoms with van der Waals surface area (Å²) in [5.74, 6) is 0.